The molecule has 1 fully saturated rings. The fourth-order valence-corrected chi connectivity index (χ4v) is 3.04. The molecule has 1 aliphatic heterocycles. The van der Waals surface area contributed by atoms with Gasteiger partial charge in [-0.05, 0) is 37.6 Å². The summed E-state index contributed by atoms with van der Waals surface area (Å²) in [5.74, 6) is -0.610. The summed E-state index contributed by atoms with van der Waals surface area (Å²) in [5.41, 5.74) is 1.63. The lowest BCUT2D eigenvalue weighted by Gasteiger charge is -2.11. The second kappa shape index (κ2) is 7.45. The van der Waals surface area contributed by atoms with E-state index in [0.717, 1.165) is 23.0 Å². The van der Waals surface area contributed by atoms with Crippen LogP contribution in [0.25, 0.3) is 6.08 Å². The van der Waals surface area contributed by atoms with E-state index in [9.17, 15) is 14.4 Å². The topological polar surface area (TPSA) is 81.5 Å². The minimum atomic E-state index is -0.328. The lowest BCUT2D eigenvalue weighted by molar-refractivity contribution is -0.141. The van der Waals surface area contributed by atoms with Crippen LogP contribution in [0.3, 0.4) is 0 Å². The van der Waals surface area contributed by atoms with Crippen LogP contribution in [0.5, 0.6) is 0 Å². The number of hydrogen-bond donors (Lipinski definition) is 0. The molecule has 0 saturated carbocycles. The summed E-state index contributed by atoms with van der Waals surface area (Å²) in [4.78, 5) is 36.6. The molecular formula is C15H19N3O4S. The molecule has 1 saturated heterocycles. The molecule has 2 rings (SSSR count). The van der Waals surface area contributed by atoms with Gasteiger partial charge in [0.1, 0.15) is 0 Å². The summed E-state index contributed by atoms with van der Waals surface area (Å²) < 4.78 is 6.49. The average molecular weight is 337 g/mol. The van der Waals surface area contributed by atoms with Crippen molar-refractivity contribution in [3.8, 4) is 0 Å². The van der Waals surface area contributed by atoms with E-state index < -0.39 is 0 Å². The Morgan fingerprint density at radius 2 is 2.13 bits per heavy atom. The first-order valence-electron chi connectivity index (χ1n) is 7.27. The molecule has 8 heteroatoms. The van der Waals surface area contributed by atoms with Gasteiger partial charge in [0.25, 0.3) is 11.1 Å². The second-order valence-electron chi connectivity index (χ2n) is 5.22. The van der Waals surface area contributed by atoms with Gasteiger partial charge in [-0.25, -0.2) is 0 Å². The van der Waals surface area contributed by atoms with Crippen LogP contribution < -0.4 is 0 Å². The predicted octanol–water partition coefficient (Wildman–Crippen LogP) is 2.11. The van der Waals surface area contributed by atoms with Gasteiger partial charge >= 0.3 is 5.97 Å². The second-order valence-corrected chi connectivity index (χ2v) is 6.22. The van der Waals surface area contributed by atoms with Crippen LogP contribution in [-0.2, 0) is 21.4 Å². The van der Waals surface area contributed by atoms with E-state index in [-0.39, 0.29) is 17.1 Å². The van der Waals surface area contributed by atoms with Crippen molar-refractivity contribution in [3.63, 3.8) is 0 Å². The highest BCUT2D eigenvalue weighted by molar-refractivity contribution is 8.18. The van der Waals surface area contributed by atoms with Gasteiger partial charge in [0.15, 0.2) is 0 Å². The summed E-state index contributed by atoms with van der Waals surface area (Å²) in [5, 5.41) is 3.94. The molecule has 0 spiro atoms. The first kappa shape index (κ1) is 17.3. The number of aryl methyl sites for hydroxylation is 2. The first-order valence-corrected chi connectivity index (χ1v) is 8.09. The predicted molar refractivity (Wildman–Crippen MR) is 86.5 cm³/mol. The SMILES string of the molecule is CC(=O)OCCCCN1C(=O)S/C(=C\c2cn(C)nc2C)C1=O. The molecule has 1 aliphatic rings. The Labute approximate surface area is 138 Å². The fourth-order valence-electron chi connectivity index (χ4n) is 2.18. The van der Waals surface area contributed by atoms with Crippen molar-refractivity contribution in [2.75, 3.05) is 13.2 Å². The number of ether oxygens (including phenoxy) is 1. The lowest BCUT2D eigenvalue weighted by atomic mass is 10.2. The molecule has 0 aromatic carbocycles. The van der Waals surface area contributed by atoms with Gasteiger partial charge in [-0.3, -0.25) is 24.0 Å². The van der Waals surface area contributed by atoms with E-state index in [2.05, 4.69) is 5.10 Å². The van der Waals surface area contributed by atoms with Gasteiger partial charge < -0.3 is 4.74 Å². The number of imide groups is 1. The Kier molecular flexibility index (Phi) is 5.59. The minimum Gasteiger partial charge on any atom is -0.466 e. The quantitative estimate of drug-likeness (QED) is 0.449. The number of hydrogen-bond acceptors (Lipinski definition) is 6. The van der Waals surface area contributed by atoms with Crippen LogP contribution in [0.15, 0.2) is 11.1 Å². The van der Waals surface area contributed by atoms with Crippen molar-refractivity contribution in [3.05, 3.63) is 22.4 Å². The summed E-state index contributed by atoms with van der Waals surface area (Å²) >= 11 is 0.939. The van der Waals surface area contributed by atoms with Crippen molar-refractivity contribution in [2.45, 2.75) is 26.7 Å². The molecular weight excluding hydrogens is 318 g/mol. The van der Waals surface area contributed by atoms with Crippen LogP contribution in [-0.4, -0.2) is 44.9 Å². The molecule has 124 valence electrons. The molecule has 0 aliphatic carbocycles. The van der Waals surface area contributed by atoms with Gasteiger partial charge in [0, 0.05) is 32.3 Å². The van der Waals surface area contributed by atoms with Gasteiger partial charge in [0.05, 0.1) is 17.2 Å². The molecule has 0 unspecified atom stereocenters. The number of unbranched alkanes of at least 4 members (excludes halogenated alkanes) is 1. The smallest absolute Gasteiger partial charge is 0.302 e. The molecule has 0 N–H and O–H groups in total. The monoisotopic (exact) mass is 337 g/mol. The number of rotatable bonds is 6. The first-order chi connectivity index (χ1) is 10.9. The maximum absolute atomic E-state index is 12.3. The van der Waals surface area contributed by atoms with Crippen molar-refractivity contribution < 1.29 is 19.1 Å². The Hall–Kier alpha value is -2.09. The van der Waals surface area contributed by atoms with Crippen molar-refractivity contribution in [1.29, 1.82) is 0 Å². The van der Waals surface area contributed by atoms with Crippen LogP contribution in [0, 0.1) is 6.92 Å². The molecule has 0 bridgehead atoms. The van der Waals surface area contributed by atoms with Gasteiger partial charge in [0.2, 0.25) is 0 Å². The number of esters is 1. The molecule has 7 nitrogen and oxygen atoms in total. The van der Waals surface area contributed by atoms with E-state index in [1.54, 1.807) is 17.8 Å². The molecule has 1 aromatic rings. The van der Waals surface area contributed by atoms with Gasteiger partial charge in [-0.1, -0.05) is 0 Å². The highest BCUT2D eigenvalue weighted by Gasteiger charge is 2.34. The highest BCUT2D eigenvalue weighted by atomic mass is 32.2. The van der Waals surface area contributed by atoms with E-state index >= 15 is 0 Å². The third kappa shape index (κ3) is 4.44. The van der Waals surface area contributed by atoms with E-state index in [1.165, 1.54) is 11.8 Å². The molecule has 0 radical (unpaired) electrons. The minimum absolute atomic E-state index is 0.268. The van der Waals surface area contributed by atoms with Gasteiger partial charge in [-0.2, -0.15) is 5.10 Å². The van der Waals surface area contributed by atoms with Gasteiger partial charge in [-0.15, -0.1) is 0 Å². The number of nitrogens with zero attached hydrogens (tertiary/aromatic N) is 3. The van der Waals surface area contributed by atoms with Crippen LogP contribution in [0.2, 0.25) is 0 Å². The summed E-state index contributed by atoms with van der Waals surface area (Å²) in [6, 6.07) is 0. The fraction of sp³-hybridized carbons (Fsp3) is 0.467. The Morgan fingerprint density at radius 1 is 1.39 bits per heavy atom. The van der Waals surface area contributed by atoms with Crippen molar-refractivity contribution in [2.24, 2.45) is 7.05 Å². The van der Waals surface area contributed by atoms with Crippen LogP contribution >= 0.6 is 11.8 Å². The van der Waals surface area contributed by atoms with Crippen LogP contribution in [0.4, 0.5) is 4.79 Å². The third-order valence-corrected chi connectivity index (χ3v) is 4.20. The number of carbonyl (C=O) groups excluding carboxylic acids is 3. The summed E-state index contributed by atoms with van der Waals surface area (Å²) in [6.07, 6.45) is 4.72. The number of amides is 2. The number of carbonyl (C=O) groups is 3. The third-order valence-electron chi connectivity index (χ3n) is 3.29. The number of thioether (sulfide) groups is 1. The maximum atomic E-state index is 12.3. The molecule has 1 aromatic heterocycles. The van der Waals surface area contributed by atoms with E-state index in [0.29, 0.717) is 30.9 Å². The number of aromatic nitrogens is 2. The summed E-state index contributed by atoms with van der Waals surface area (Å²) in [7, 11) is 1.80. The standard InChI is InChI=1S/C15H19N3O4S/c1-10-12(9-17(3)16-10)8-13-14(20)18(15(21)23-13)6-4-5-7-22-11(2)19/h8-9H,4-7H2,1-3H3/b13-8-. The zero-order chi connectivity index (χ0) is 17.0. The molecule has 2 amide bonds. The Morgan fingerprint density at radius 3 is 2.74 bits per heavy atom. The zero-order valence-electron chi connectivity index (χ0n) is 13.4. The summed E-state index contributed by atoms with van der Waals surface area (Å²) in [6.45, 7) is 3.83. The van der Waals surface area contributed by atoms with Crippen molar-refractivity contribution >= 4 is 35.0 Å². The van der Waals surface area contributed by atoms with E-state index in [4.69, 9.17) is 4.74 Å². The Balaban J connectivity index is 1.94. The highest BCUT2D eigenvalue weighted by Crippen LogP contribution is 2.32. The lowest BCUT2D eigenvalue weighted by Crippen LogP contribution is -2.29. The normalized spacial score (nSPS) is 16.5. The molecule has 23 heavy (non-hydrogen) atoms. The zero-order valence-corrected chi connectivity index (χ0v) is 14.2. The average Bonchev–Trinajstić information content (AvgIpc) is 2.91. The van der Waals surface area contributed by atoms with Crippen molar-refractivity contribution in [1.82, 2.24) is 14.7 Å². The van der Waals surface area contributed by atoms with E-state index in [1.807, 2.05) is 13.1 Å². The Bertz CT molecular complexity index is 666. The molecule has 2 heterocycles. The largest absolute Gasteiger partial charge is 0.466 e. The molecule has 0 atom stereocenters. The van der Waals surface area contributed by atoms with Crippen LogP contribution in [0.1, 0.15) is 31.0 Å². The maximum Gasteiger partial charge on any atom is 0.302 e.